The Balaban J connectivity index is 1.96. The van der Waals surface area contributed by atoms with Crippen molar-refractivity contribution in [3.8, 4) is 0 Å². The van der Waals surface area contributed by atoms with Crippen molar-refractivity contribution < 1.29 is 4.79 Å². The smallest absolute Gasteiger partial charge is 0.236 e. The van der Waals surface area contributed by atoms with Gasteiger partial charge in [-0.05, 0) is 29.5 Å². The summed E-state index contributed by atoms with van der Waals surface area (Å²) in [4.78, 5) is 17.0. The first-order valence-corrected chi connectivity index (χ1v) is 7.17. The average molecular weight is 309 g/mol. The summed E-state index contributed by atoms with van der Waals surface area (Å²) in [7, 11) is 0. The number of para-hydroxylation sites is 2. The second-order valence-electron chi connectivity index (χ2n) is 5.72. The topological polar surface area (TPSA) is 34.9 Å². The van der Waals surface area contributed by atoms with E-state index in [2.05, 4.69) is 4.98 Å². The number of aromatic nitrogens is 2. The third-order valence-corrected chi connectivity index (χ3v) is 4.43. The van der Waals surface area contributed by atoms with Crippen molar-refractivity contribution in [2.75, 3.05) is 0 Å². The van der Waals surface area contributed by atoms with Crippen LogP contribution in [0.25, 0.3) is 11.0 Å². The molecule has 3 nitrogen and oxygen atoms in total. The summed E-state index contributed by atoms with van der Waals surface area (Å²) >= 11 is 11.5. The maximum absolute atomic E-state index is 12.7. The SMILES string of the molecule is CC1(C)[C@H](C(=O)n2cnc3ccccc32)[C@@H]1C=C(Cl)Cl. The van der Waals surface area contributed by atoms with E-state index < -0.39 is 0 Å². The largest absolute Gasteiger partial charge is 0.274 e. The van der Waals surface area contributed by atoms with Crippen molar-refractivity contribution in [3.63, 3.8) is 0 Å². The standard InChI is InChI=1S/C15H14Cl2N2O/c1-15(2)9(7-12(16)17)13(15)14(20)19-8-18-10-5-3-4-6-11(10)19/h3-9,13H,1-2H3/t9-,13-/m0/s1. The molecule has 0 radical (unpaired) electrons. The van der Waals surface area contributed by atoms with Crippen LogP contribution in [0.4, 0.5) is 0 Å². The van der Waals surface area contributed by atoms with E-state index in [9.17, 15) is 4.79 Å². The summed E-state index contributed by atoms with van der Waals surface area (Å²) in [5.74, 6) is -0.00620. The van der Waals surface area contributed by atoms with E-state index in [1.54, 1.807) is 17.0 Å². The molecule has 0 N–H and O–H groups in total. The lowest BCUT2D eigenvalue weighted by Crippen LogP contribution is -2.14. The highest BCUT2D eigenvalue weighted by molar-refractivity contribution is 6.55. The molecule has 2 atom stereocenters. The molecule has 0 aliphatic heterocycles. The van der Waals surface area contributed by atoms with Crippen LogP contribution in [0.5, 0.6) is 0 Å². The summed E-state index contributed by atoms with van der Waals surface area (Å²) in [5.41, 5.74) is 1.53. The van der Waals surface area contributed by atoms with E-state index in [4.69, 9.17) is 23.2 Å². The molecule has 1 aromatic heterocycles. The van der Waals surface area contributed by atoms with Gasteiger partial charge in [0.25, 0.3) is 0 Å². The molecule has 0 unspecified atom stereocenters. The van der Waals surface area contributed by atoms with Crippen LogP contribution in [0.2, 0.25) is 0 Å². The van der Waals surface area contributed by atoms with Gasteiger partial charge in [-0.1, -0.05) is 49.2 Å². The van der Waals surface area contributed by atoms with Crippen LogP contribution < -0.4 is 0 Å². The van der Waals surface area contributed by atoms with Gasteiger partial charge in [-0.3, -0.25) is 9.36 Å². The van der Waals surface area contributed by atoms with E-state index in [-0.39, 0.29) is 27.6 Å². The van der Waals surface area contributed by atoms with Crippen LogP contribution in [-0.2, 0) is 0 Å². The van der Waals surface area contributed by atoms with Gasteiger partial charge >= 0.3 is 0 Å². The Kier molecular flexibility index (Phi) is 3.14. The molecule has 0 bridgehead atoms. The van der Waals surface area contributed by atoms with Crippen LogP contribution in [-0.4, -0.2) is 15.5 Å². The normalized spacial score (nSPS) is 23.6. The fraction of sp³-hybridized carbons (Fsp3) is 0.333. The summed E-state index contributed by atoms with van der Waals surface area (Å²) in [6, 6.07) is 7.60. The lowest BCUT2D eigenvalue weighted by Gasteiger charge is -2.04. The zero-order chi connectivity index (χ0) is 14.5. The summed E-state index contributed by atoms with van der Waals surface area (Å²) in [6.45, 7) is 4.10. The molecule has 1 heterocycles. The number of hydrogen-bond donors (Lipinski definition) is 0. The lowest BCUT2D eigenvalue weighted by molar-refractivity contribution is 0.0873. The molecule has 1 aliphatic rings. The Hall–Kier alpha value is -1.32. The Morgan fingerprint density at radius 2 is 2.05 bits per heavy atom. The molecule has 1 aliphatic carbocycles. The van der Waals surface area contributed by atoms with Crippen molar-refractivity contribution in [1.29, 1.82) is 0 Å². The zero-order valence-electron chi connectivity index (χ0n) is 11.2. The average Bonchev–Trinajstić information content (AvgIpc) is 2.75. The second-order valence-corrected chi connectivity index (χ2v) is 6.73. The van der Waals surface area contributed by atoms with E-state index in [0.717, 1.165) is 11.0 Å². The van der Waals surface area contributed by atoms with Crippen LogP contribution >= 0.6 is 23.2 Å². The molecule has 1 fully saturated rings. The monoisotopic (exact) mass is 308 g/mol. The van der Waals surface area contributed by atoms with Gasteiger partial charge in [-0.15, -0.1) is 0 Å². The number of rotatable bonds is 2. The first-order valence-electron chi connectivity index (χ1n) is 6.42. The van der Waals surface area contributed by atoms with Crippen molar-refractivity contribution in [1.82, 2.24) is 9.55 Å². The number of benzene rings is 1. The van der Waals surface area contributed by atoms with E-state index in [1.807, 2.05) is 38.1 Å². The predicted octanol–water partition coefficient (Wildman–Crippen LogP) is 4.27. The number of nitrogens with zero attached hydrogens (tertiary/aromatic N) is 2. The number of imidazole rings is 1. The molecule has 2 aromatic rings. The molecule has 1 saturated carbocycles. The van der Waals surface area contributed by atoms with Gasteiger partial charge in [0.05, 0.1) is 17.0 Å². The summed E-state index contributed by atoms with van der Waals surface area (Å²) in [6.07, 6.45) is 3.34. The van der Waals surface area contributed by atoms with Crippen molar-refractivity contribution >= 4 is 40.1 Å². The summed E-state index contributed by atoms with van der Waals surface area (Å²) in [5, 5.41) is 0. The molecule has 5 heteroatoms. The highest BCUT2D eigenvalue weighted by atomic mass is 35.5. The molecular formula is C15H14Cl2N2O. The van der Waals surface area contributed by atoms with Crippen LogP contribution in [0.15, 0.2) is 41.2 Å². The minimum absolute atomic E-state index is 0.0412. The molecular weight excluding hydrogens is 295 g/mol. The van der Waals surface area contributed by atoms with Crippen molar-refractivity contribution in [3.05, 3.63) is 41.2 Å². The second kappa shape index (κ2) is 4.61. The van der Waals surface area contributed by atoms with Crippen LogP contribution in [0.3, 0.4) is 0 Å². The highest BCUT2D eigenvalue weighted by Crippen LogP contribution is 2.60. The highest BCUT2D eigenvalue weighted by Gasteiger charge is 2.61. The minimum Gasteiger partial charge on any atom is -0.274 e. The van der Waals surface area contributed by atoms with E-state index in [0.29, 0.717) is 0 Å². The third-order valence-electron chi connectivity index (χ3n) is 4.17. The van der Waals surface area contributed by atoms with Gasteiger partial charge < -0.3 is 0 Å². The van der Waals surface area contributed by atoms with Crippen LogP contribution in [0.1, 0.15) is 18.6 Å². The molecule has 0 spiro atoms. The van der Waals surface area contributed by atoms with Gasteiger partial charge in [0.2, 0.25) is 5.91 Å². The maximum atomic E-state index is 12.7. The van der Waals surface area contributed by atoms with E-state index >= 15 is 0 Å². The number of hydrogen-bond acceptors (Lipinski definition) is 2. The van der Waals surface area contributed by atoms with Gasteiger partial charge in [-0.2, -0.15) is 0 Å². The third kappa shape index (κ3) is 2.05. The Labute approximate surface area is 127 Å². The number of allylic oxidation sites excluding steroid dienone is 1. The lowest BCUT2D eigenvalue weighted by atomic mass is 10.1. The number of carbonyl (C=O) groups excluding carboxylic acids is 1. The quantitative estimate of drug-likeness (QED) is 0.830. The number of halogens is 2. The van der Waals surface area contributed by atoms with Gasteiger partial charge in [0.15, 0.2) is 0 Å². The molecule has 3 rings (SSSR count). The fourth-order valence-electron chi connectivity index (χ4n) is 2.88. The fourth-order valence-corrected chi connectivity index (χ4v) is 3.15. The van der Waals surface area contributed by atoms with Crippen molar-refractivity contribution in [2.24, 2.45) is 17.3 Å². The van der Waals surface area contributed by atoms with Gasteiger partial charge in [0, 0.05) is 0 Å². The predicted molar refractivity (Wildman–Crippen MR) is 80.9 cm³/mol. The first-order chi connectivity index (χ1) is 9.43. The Bertz CT molecular complexity index is 713. The zero-order valence-corrected chi connectivity index (χ0v) is 12.7. The molecule has 0 amide bonds. The maximum Gasteiger partial charge on any atom is 0.236 e. The van der Waals surface area contributed by atoms with Crippen molar-refractivity contribution in [2.45, 2.75) is 13.8 Å². The Morgan fingerprint density at radius 1 is 1.35 bits per heavy atom. The van der Waals surface area contributed by atoms with Gasteiger partial charge in [-0.25, -0.2) is 4.98 Å². The summed E-state index contributed by atoms with van der Waals surface area (Å²) < 4.78 is 1.84. The molecule has 104 valence electrons. The molecule has 20 heavy (non-hydrogen) atoms. The number of fused-ring (bicyclic) bond motifs is 1. The minimum atomic E-state index is -0.127. The van der Waals surface area contributed by atoms with Gasteiger partial charge in [0.1, 0.15) is 10.8 Å². The number of carbonyl (C=O) groups is 1. The first kappa shape index (κ1) is 13.7. The van der Waals surface area contributed by atoms with Crippen LogP contribution in [0, 0.1) is 17.3 Å². The Morgan fingerprint density at radius 3 is 2.75 bits per heavy atom. The van der Waals surface area contributed by atoms with E-state index in [1.165, 1.54) is 0 Å². The molecule has 1 aromatic carbocycles. The molecule has 0 saturated heterocycles.